The lowest BCUT2D eigenvalue weighted by atomic mass is 10.2. The Morgan fingerprint density at radius 2 is 2.00 bits per heavy atom. The highest BCUT2D eigenvalue weighted by Crippen LogP contribution is 2.37. The largest absolute Gasteiger partial charge is 0.438 e. The summed E-state index contributed by atoms with van der Waals surface area (Å²) in [5.41, 5.74) is 1.42. The third-order valence-corrected chi connectivity index (χ3v) is 5.29. The van der Waals surface area contributed by atoms with Crippen molar-refractivity contribution in [2.75, 3.05) is 43.1 Å². The number of benzene rings is 1. The van der Waals surface area contributed by atoms with E-state index in [-0.39, 0.29) is 29.9 Å². The Balaban J connectivity index is 1.48. The van der Waals surface area contributed by atoms with Gasteiger partial charge in [-0.25, -0.2) is 15.0 Å². The van der Waals surface area contributed by atoms with Gasteiger partial charge >= 0.3 is 6.18 Å². The third-order valence-electron chi connectivity index (χ3n) is 5.02. The Labute approximate surface area is 198 Å². The van der Waals surface area contributed by atoms with Crippen LogP contribution in [-0.2, 0) is 17.3 Å². The van der Waals surface area contributed by atoms with Gasteiger partial charge in [0.25, 0.3) is 0 Å². The number of aromatic nitrogens is 3. The van der Waals surface area contributed by atoms with Gasteiger partial charge in [0.1, 0.15) is 22.8 Å². The van der Waals surface area contributed by atoms with Crippen LogP contribution in [0.1, 0.15) is 11.3 Å². The molecule has 180 valence electrons. The number of aliphatic hydroxyl groups excluding tert-OH is 1. The average molecular weight is 496 g/mol. The van der Waals surface area contributed by atoms with E-state index in [9.17, 15) is 13.2 Å². The van der Waals surface area contributed by atoms with Crippen LogP contribution in [0.4, 0.5) is 30.4 Å². The lowest BCUT2D eigenvalue weighted by Crippen LogP contribution is -2.26. The van der Waals surface area contributed by atoms with Crippen LogP contribution in [0.5, 0.6) is 11.6 Å². The molecule has 1 aliphatic rings. The molecule has 0 aliphatic carbocycles. The van der Waals surface area contributed by atoms with Crippen molar-refractivity contribution in [3.05, 3.63) is 59.1 Å². The molecule has 1 aliphatic heterocycles. The number of hydrogen-bond donors (Lipinski definition) is 2. The molecule has 0 spiro atoms. The number of hydrogen-bond acceptors (Lipinski definition) is 8. The van der Waals surface area contributed by atoms with E-state index in [1.165, 1.54) is 24.7 Å². The number of pyridine rings is 1. The van der Waals surface area contributed by atoms with Gasteiger partial charge in [0.2, 0.25) is 5.88 Å². The number of aliphatic hydroxyl groups is 1. The Kier molecular flexibility index (Phi) is 7.35. The van der Waals surface area contributed by atoms with Crippen molar-refractivity contribution < 1.29 is 27.8 Å². The minimum atomic E-state index is -4.49. The molecule has 2 N–H and O–H groups in total. The van der Waals surface area contributed by atoms with E-state index >= 15 is 0 Å². The number of rotatable bonds is 9. The number of alkyl halides is 3. The zero-order chi connectivity index (χ0) is 24.1. The number of anilines is 3. The van der Waals surface area contributed by atoms with E-state index in [4.69, 9.17) is 26.2 Å². The number of halogens is 4. The summed E-state index contributed by atoms with van der Waals surface area (Å²) in [5, 5.41) is 12.1. The second-order valence-corrected chi connectivity index (χ2v) is 7.76. The maximum Gasteiger partial charge on any atom is 0.416 e. The highest BCUT2D eigenvalue weighted by Gasteiger charge is 2.30. The minimum absolute atomic E-state index is 0.0258. The maximum absolute atomic E-state index is 12.9. The summed E-state index contributed by atoms with van der Waals surface area (Å²) in [7, 11) is 0. The van der Waals surface area contributed by atoms with Gasteiger partial charge in [0.15, 0.2) is 5.82 Å². The van der Waals surface area contributed by atoms with Crippen molar-refractivity contribution in [1.82, 2.24) is 15.0 Å². The van der Waals surface area contributed by atoms with E-state index in [0.717, 1.165) is 36.5 Å². The normalized spacial score (nSPS) is 13.1. The molecule has 0 amide bonds. The van der Waals surface area contributed by atoms with Crippen LogP contribution in [0.2, 0.25) is 5.02 Å². The molecule has 0 bridgehead atoms. The molecule has 0 atom stereocenters. The number of ether oxygens (including phenoxy) is 2. The fraction of sp³-hybridized carbons (Fsp3) is 0.318. The summed E-state index contributed by atoms with van der Waals surface area (Å²) >= 11 is 6.29. The zero-order valence-corrected chi connectivity index (χ0v) is 18.6. The molecular formula is C22H21ClF3N5O3. The lowest BCUT2D eigenvalue weighted by Gasteiger charge is -2.21. The van der Waals surface area contributed by atoms with Crippen LogP contribution in [0.3, 0.4) is 0 Å². The molecule has 0 saturated carbocycles. The smallest absolute Gasteiger partial charge is 0.416 e. The molecule has 12 heteroatoms. The molecule has 1 aromatic carbocycles. The van der Waals surface area contributed by atoms with E-state index < -0.39 is 11.7 Å². The van der Waals surface area contributed by atoms with E-state index in [1.807, 2.05) is 0 Å². The maximum atomic E-state index is 12.9. The quantitative estimate of drug-likeness (QED) is 0.421. The first-order valence-electron chi connectivity index (χ1n) is 10.4. The Morgan fingerprint density at radius 3 is 2.76 bits per heavy atom. The highest BCUT2D eigenvalue weighted by atomic mass is 35.5. The van der Waals surface area contributed by atoms with Crippen molar-refractivity contribution in [3.8, 4) is 11.6 Å². The van der Waals surface area contributed by atoms with Crippen LogP contribution in [0, 0.1) is 0 Å². The van der Waals surface area contributed by atoms with Crippen LogP contribution in [0.15, 0.2) is 42.9 Å². The van der Waals surface area contributed by atoms with Crippen LogP contribution < -0.4 is 15.0 Å². The fourth-order valence-electron chi connectivity index (χ4n) is 3.49. The fourth-order valence-corrected chi connectivity index (χ4v) is 3.70. The molecule has 4 rings (SSSR count). The summed E-state index contributed by atoms with van der Waals surface area (Å²) < 4.78 is 49.6. The van der Waals surface area contributed by atoms with Gasteiger partial charge in [-0.3, -0.25) is 0 Å². The zero-order valence-electron chi connectivity index (χ0n) is 17.8. The van der Waals surface area contributed by atoms with Gasteiger partial charge < -0.3 is 24.8 Å². The second kappa shape index (κ2) is 10.4. The predicted octanol–water partition coefficient (Wildman–Crippen LogP) is 4.45. The van der Waals surface area contributed by atoms with Crippen molar-refractivity contribution in [2.45, 2.75) is 12.6 Å². The summed E-state index contributed by atoms with van der Waals surface area (Å²) in [6, 6.07) is 6.03. The molecule has 0 unspecified atom stereocenters. The predicted molar refractivity (Wildman–Crippen MR) is 120 cm³/mol. The molecule has 8 nitrogen and oxygen atoms in total. The monoisotopic (exact) mass is 495 g/mol. The van der Waals surface area contributed by atoms with Crippen molar-refractivity contribution >= 4 is 28.8 Å². The van der Waals surface area contributed by atoms with E-state index in [0.29, 0.717) is 24.7 Å². The summed E-state index contributed by atoms with van der Waals surface area (Å²) in [5.74, 6) is 0.508. The van der Waals surface area contributed by atoms with Crippen molar-refractivity contribution in [1.29, 1.82) is 0 Å². The van der Waals surface area contributed by atoms with Gasteiger partial charge in [0.05, 0.1) is 43.0 Å². The standard InChI is InChI=1S/C22H21ClF3N5O3/c23-17-11-15(12-27-21(17)34-16-3-1-2-14(10-16)22(24,25)26)30-20-19-18(28-13-29-20)4-5-31(19)6-8-33-9-7-32/h1-3,10-13,32H,4-9H2,(H,28,29,30). The molecule has 34 heavy (non-hydrogen) atoms. The minimum Gasteiger partial charge on any atom is -0.438 e. The number of nitrogens with one attached hydrogen (secondary N) is 1. The first-order valence-corrected chi connectivity index (χ1v) is 10.8. The SMILES string of the molecule is OCCOCCN1CCc2ncnc(Nc3cnc(Oc4cccc(C(F)(F)F)c4)c(Cl)c3)c21. The van der Waals surface area contributed by atoms with Gasteiger partial charge in [-0.2, -0.15) is 13.2 Å². The van der Waals surface area contributed by atoms with Crippen LogP contribution in [0.25, 0.3) is 0 Å². The highest BCUT2D eigenvalue weighted by molar-refractivity contribution is 6.32. The van der Waals surface area contributed by atoms with Gasteiger partial charge in [-0.1, -0.05) is 17.7 Å². The molecule has 3 heterocycles. The first-order chi connectivity index (χ1) is 16.3. The Morgan fingerprint density at radius 1 is 1.15 bits per heavy atom. The Bertz CT molecular complexity index is 1150. The van der Waals surface area contributed by atoms with Crippen molar-refractivity contribution in [2.24, 2.45) is 0 Å². The molecule has 0 fully saturated rings. The van der Waals surface area contributed by atoms with Crippen LogP contribution in [-0.4, -0.2) is 53.0 Å². The number of fused-ring (bicyclic) bond motifs is 1. The van der Waals surface area contributed by atoms with Crippen LogP contribution >= 0.6 is 11.6 Å². The Hall–Kier alpha value is -3.15. The topological polar surface area (TPSA) is 92.6 Å². The van der Waals surface area contributed by atoms with Crippen molar-refractivity contribution in [3.63, 3.8) is 0 Å². The summed E-state index contributed by atoms with van der Waals surface area (Å²) in [6.45, 7) is 2.05. The first kappa shape index (κ1) is 24.0. The van der Waals surface area contributed by atoms with Gasteiger partial charge in [-0.15, -0.1) is 0 Å². The van der Waals surface area contributed by atoms with Gasteiger partial charge in [-0.05, 0) is 24.3 Å². The van der Waals surface area contributed by atoms with Gasteiger partial charge in [0, 0.05) is 19.5 Å². The molecular weight excluding hydrogens is 475 g/mol. The van der Waals surface area contributed by atoms with E-state index in [2.05, 4.69) is 25.2 Å². The molecule has 2 aromatic heterocycles. The third kappa shape index (κ3) is 5.66. The number of nitrogens with zero attached hydrogens (tertiary/aromatic N) is 4. The lowest BCUT2D eigenvalue weighted by molar-refractivity contribution is -0.137. The molecule has 0 saturated heterocycles. The average Bonchev–Trinajstić information content (AvgIpc) is 3.22. The molecule has 3 aromatic rings. The summed E-state index contributed by atoms with van der Waals surface area (Å²) in [6.07, 6.45) is -0.809. The summed E-state index contributed by atoms with van der Waals surface area (Å²) in [4.78, 5) is 14.9. The molecule has 0 radical (unpaired) electrons. The second-order valence-electron chi connectivity index (χ2n) is 7.35. The van der Waals surface area contributed by atoms with E-state index in [1.54, 1.807) is 6.07 Å².